The van der Waals surface area contributed by atoms with Gasteiger partial charge < -0.3 is 9.47 Å². The zero-order valence-corrected chi connectivity index (χ0v) is 21.5. The second kappa shape index (κ2) is 9.12. The van der Waals surface area contributed by atoms with Crippen molar-refractivity contribution in [3.63, 3.8) is 0 Å². The van der Waals surface area contributed by atoms with Crippen LogP contribution in [-0.2, 0) is 5.41 Å². The number of hydrogen-bond acceptors (Lipinski definition) is 5. The molecule has 0 N–H and O–H groups in total. The van der Waals surface area contributed by atoms with Crippen molar-refractivity contribution < 1.29 is 9.47 Å². The van der Waals surface area contributed by atoms with Gasteiger partial charge in [-0.25, -0.2) is 4.98 Å². The molecule has 0 aliphatic carbocycles. The number of benzene rings is 2. The van der Waals surface area contributed by atoms with Crippen molar-refractivity contribution in [1.29, 1.82) is 0 Å². The van der Waals surface area contributed by atoms with E-state index in [0.29, 0.717) is 33.8 Å². The summed E-state index contributed by atoms with van der Waals surface area (Å²) in [5.41, 5.74) is 0.684. The molecular formula is C23H25Br2N3O3. The predicted octanol–water partition coefficient (Wildman–Crippen LogP) is 5.90. The first-order valence-corrected chi connectivity index (χ1v) is 11.4. The molecule has 3 rings (SSSR count). The van der Waals surface area contributed by atoms with Crippen LogP contribution in [-0.4, -0.2) is 29.1 Å². The summed E-state index contributed by atoms with van der Waals surface area (Å²) in [5.74, 6) is 1.71. The van der Waals surface area contributed by atoms with E-state index in [2.05, 4.69) is 37.0 Å². The first kappa shape index (κ1) is 23.5. The molecule has 8 heteroatoms. The average molecular weight is 551 g/mol. The molecule has 2 aromatic carbocycles. The molecule has 0 saturated heterocycles. The summed E-state index contributed by atoms with van der Waals surface area (Å²) in [4.78, 5) is 18.1. The Balaban J connectivity index is 2.25. The Bertz CT molecular complexity index is 1210. The van der Waals surface area contributed by atoms with Gasteiger partial charge in [0.15, 0.2) is 11.5 Å². The van der Waals surface area contributed by atoms with E-state index in [9.17, 15) is 4.79 Å². The largest absolute Gasteiger partial charge is 0.493 e. The van der Waals surface area contributed by atoms with E-state index in [4.69, 9.17) is 14.5 Å². The fourth-order valence-electron chi connectivity index (χ4n) is 3.06. The van der Waals surface area contributed by atoms with Crippen LogP contribution in [0.5, 0.6) is 11.5 Å². The van der Waals surface area contributed by atoms with Crippen LogP contribution in [0.1, 0.15) is 46.0 Å². The Hall–Kier alpha value is -2.19. The molecule has 1 heterocycles. The Morgan fingerprint density at radius 1 is 1.13 bits per heavy atom. The fraction of sp³-hybridized carbons (Fsp3) is 0.348. The lowest BCUT2D eigenvalue weighted by molar-refractivity contribution is 0.229. The first-order valence-electron chi connectivity index (χ1n) is 9.82. The van der Waals surface area contributed by atoms with Crippen molar-refractivity contribution >= 4 is 49.0 Å². The Morgan fingerprint density at radius 2 is 1.84 bits per heavy atom. The van der Waals surface area contributed by atoms with Crippen LogP contribution in [0.15, 0.2) is 49.2 Å². The highest BCUT2D eigenvalue weighted by molar-refractivity contribution is 9.10. The van der Waals surface area contributed by atoms with E-state index in [1.165, 1.54) is 4.68 Å². The van der Waals surface area contributed by atoms with Crippen molar-refractivity contribution in [2.75, 3.05) is 7.11 Å². The van der Waals surface area contributed by atoms with Crippen molar-refractivity contribution in [3.8, 4) is 11.5 Å². The second-order valence-electron chi connectivity index (χ2n) is 8.40. The molecule has 0 aliphatic rings. The smallest absolute Gasteiger partial charge is 0.282 e. The van der Waals surface area contributed by atoms with Crippen molar-refractivity contribution in [2.45, 2.75) is 46.1 Å². The number of methoxy groups -OCH3 is 1. The Morgan fingerprint density at radius 3 is 2.45 bits per heavy atom. The van der Waals surface area contributed by atoms with Gasteiger partial charge in [0.2, 0.25) is 0 Å². The van der Waals surface area contributed by atoms with Gasteiger partial charge in [0.25, 0.3) is 5.56 Å². The molecule has 0 atom stereocenters. The van der Waals surface area contributed by atoms with E-state index >= 15 is 0 Å². The average Bonchev–Trinajstić information content (AvgIpc) is 2.67. The number of hydrogen-bond donors (Lipinski definition) is 0. The van der Waals surface area contributed by atoms with Gasteiger partial charge in [-0.2, -0.15) is 9.78 Å². The molecule has 0 aliphatic heterocycles. The molecule has 0 amide bonds. The van der Waals surface area contributed by atoms with Crippen LogP contribution in [0, 0.1) is 0 Å². The van der Waals surface area contributed by atoms with Crippen molar-refractivity contribution in [2.24, 2.45) is 5.10 Å². The minimum atomic E-state index is -0.399. The zero-order chi connectivity index (χ0) is 22.9. The summed E-state index contributed by atoms with van der Waals surface area (Å²) in [5, 5.41) is 5.04. The van der Waals surface area contributed by atoms with Gasteiger partial charge in [-0.1, -0.05) is 52.6 Å². The molecule has 31 heavy (non-hydrogen) atoms. The lowest BCUT2D eigenvalue weighted by Gasteiger charge is -2.21. The maximum Gasteiger partial charge on any atom is 0.282 e. The van der Waals surface area contributed by atoms with Crippen LogP contribution < -0.4 is 15.0 Å². The topological polar surface area (TPSA) is 65.7 Å². The zero-order valence-electron chi connectivity index (χ0n) is 18.4. The summed E-state index contributed by atoms with van der Waals surface area (Å²) < 4.78 is 14.4. The summed E-state index contributed by atoms with van der Waals surface area (Å²) in [6.07, 6.45) is 1.54. The lowest BCUT2D eigenvalue weighted by atomic mass is 9.95. The van der Waals surface area contributed by atoms with E-state index < -0.39 is 5.41 Å². The first-order chi connectivity index (χ1) is 14.5. The van der Waals surface area contributed by atoms with Gasteiger partial charge >= 0.3 is 0 Å². The van der Waals surface area contributed by atoms with Crippen LogP contribution in [0.4, 0.5) is 0 Å². The molecule has 0 bridgehead atoms. The third-order valence-electron chi connectivity index (χ3n) is 4.41. The summed E-state index contributed by atoms with van der Waals surface area (Å²) >= 11 is 6.93. The summed E-state index contributed by atoms with van der Waals surface area (Å²) in [7, 11) is 1.59. The molecule has 0 saturated carbocycles. The van der Waals surface area contributed by atoms with Crippen LogP contribution in [0.2, 0.25) is 0 Å². The number of aromatic nitrogens is 2. The highest BCUT2D eigenvalue weighted by atomic mass is 79.9. The normalized spacial score (nSPS) is 12.2. The maximum atomic E-state index is 13.3. The molecule has 6 nitrogen and oxygen atoms in total. The minimum Gasteiger partial charge on any atom is -0.493 e. The lowest BCUT2D eigenvalue weighted by Crippen LogP contribution is -2.29. The molecule has 0 spiro atoms. The molecule has 1 aromatic heterocycles. The number of halogens is 2. The van der Waals surface area contributed by atoms with Gasteiger partial charge in [-0.15, -0.1) is 0 Å². The van der Waals surface area contributed by atoms with Gasteiger partial charge in [0, 0.05) is 19.9 Å². The third kappa shape index (κ3) is 5.18. The number of nitrogens with zero attached hydrogens (tertiary/aromatic N) is 3. The van der Waals surface area contributed by atoms with Crippen LogP contribution >= 0.6 is 31.9 Å². The summed E-state index contributed by atoms with van der Waals surface area (Å²) in [6.45, 7) is 9.88. The van der Waals surface area contributed by atoms with Crippen LogP contribution in [0.25, 0.3) is 10.9 Å². The molecule has 3 aromatic rings. The Labute approximate surface area is 198 Å². The van der Waals surface area contributed by atoms with Crippen molar-refractivity contribution in [3.05, 3.63) is 61.0 Å². The standard InChI is InChI=1S/C23H25Br2N3O3/c1-13(2)31-20-14(9-16(25)11-19(20)30-6)12-26-28-21(29)17-10-15(24)7-8-18(17)27-22(28)23(3,4)5/h7-13H,1-6H3. The van der Waals surface area contributed by atoms with Gasteiger partial charge in [-0.3, -0.25) is 4.79 Å². The highest BCUT2D eigenvalue weighted by Gasteiger charge is 2.23. The van der Waals surface area contributed by atoms with E-state index in [-0.39, 0.29) is 11.7 Å². The quantitative estimate of drug-likeness (QED) is 0.371. The maximum absolute atomic E-state index is 13.3. The monoisotopic (exact) mass is 549 g/mol. The van der Waals surface area contributed by atoms with Crippen LogP contribution in [0.3, 0.4) is 0 Å². The van der Waals surface area contributed by atoms with E-state index in [1.807, 2.05) is 58.9 Å². The van der Waals surface area contributed by atoms with E-state index in [0.717, 1.165) is 8.95 Å². The summed E-state index contributed by atoms with van der Waals surface area (Å²) in [6, 6.07) is 9.17. The minimum absolute atomic E-state index is 0.0604. The van der Waals surface area contributed by atoms with Gasteiger partial charge in [0.1, 0.15) is 5.82 Å². The van der Waals surface area contributed by atoms with Gasteiger partial charge in [-0.05, 0) is 44.2 Å². The molecular weight excluding hydrogens is 526 g/mol. The van der Waals surface area contributed by atoms with Crippen molar-refractivity contribution in [1.82, 2.24) is 9.66 Å². The van der Waals surface area contributed by atoms with Gasteiger partial charge in [0.05, 0.1) is 30.3 Å². The third-order valence-corrected chi connectivity index (χ3v) is 5.36. The Kier molecular flexibility index (Phi) is 6.91. The highest BCUT2D eigenvalue weighted by Crippen LogP contribution is 2.35. The molecule has 0 unspecified atom stereocenters. The van der Waals surface area contributed by atoms with E-state index in [1.54, 1.807) is 19.4 Å². The number of ether oxygens (including phenoxy) is 2. The molecule has 164 valence electrons. The second-order valence-corrected chi connectivity index (χ2v) is 10.2. The molecule has 0 fully saturated rings. The SMILES string of the molecule is COc1cc(Br)cc(C=Nn2c(C(C)(C)C)nc3ccc(Br)cc3c2=O)c1OC(C)C. The molecule has 0 radical (unpaired) electrons. The number of fused-ring (bicyclic) bond motifs is 1. The fourth-order valence-corrected chi connectivity index (χ4v) is 3.88. The number of rotatable bonds is 5. The predicted molar refractivity (Wildman–Crippen MR) is 132 cm³/mol.